The Bertz CT molecular complexity index is 3000. The molecule has 1 heterocycles. The summed E-state index contributed by atoms with van der Waals surface area (Å²) in [5.74, 6) is -7.34. The number of para-hydroxylation sites is 1. The Kier molecular flexibility index (Phi) is 28.1. The number of amides is 8. The molecule has 0 aliphatic carbocycles. The molecule has 0 aliphatic rings. The van der Waals surface area contributed by atoms with E-state index < -0.39 is 108 Å². The summed E-state index contributed by atoms with van der Waals surface area (Å²) in [6.07, 6.45) is 4.34. The summed E-state index contributed by atoms with van der Waals surface area (Å²) in [7, 11) is 0. The number of H-pyrrole nitrogens is 1. The number of phenols is 1. The summed E-state index contributed by atoms with van der Waals surface area (Å²) in [6, 6.07) is 19.5. The number of aliphatic carboxylic acids is 1. The fourth-order valence-corrected chi connectivity index (χ4v) is 9.54. The molecule has 0 saturated heterocycles. The van der Waals surface area contributed by atoms with Gasteiger partial charge in [0.2, 0.25) is 47.3 Å². The summed E-state index contributed by atoms with van der Waals surface area (Å²) in [6.45, 7) is 3.75. The van der Waals surface area contributed by atoms with Crippen LogP contribution >= 0.6 is 0 Å². The zero-order chi connectivity index (χ0) is 62.5. The molecule has 24 nitrogen and oxygen atoms in total. The van der Waals surface area contributed by atoms with E-state index in [1.54, 1.807) is 79.0 Å². The first-order valence-corrected chi connectivity index (χ1v) is 29.2. The quantitative estimate of drug-likeness (QED) is 0.0245. The maximum atomic E-state index is 15.0. The third-order valence-corrected chi connectivity index (χ3v) is 14.5. The van der Waals surface area contributed by atoms with Crippen molar-refractivity contribution in [1.82, 2.24) is 47.5 Å². The molecule has 0 fully saturated rings. The van der Waals surface area contributed by atoms with Crippen molar-refractivity contribution in [2.24, 2.45) is 22.9 Å². The smallest absolute Gasteiger partial charge is 0.326 e. The molecule has 464 valence electrons. The van der Waals surface area contributed by atoms with Crippen LogP contribution in [-0.2, 0) is 68.8 Å². The number of aromatic hydroxyl groups is 1. The molecule has 0 bridgehead atoms. The Morgan fingerprint density at radius 3 is 1.23 bits per heavy atom. The molecule has 0 aliphatic heterocycles. The predicted molar refractivity (Wildman–Crippen MR) is 325 cm³/mol. The molecule has 5 rings (SSSR count). The van der Waals surface area contributed by atoms with Gasteiger partial charge >= 0.3 is 5.97 Å². The van der Waals surface area contributed by atoms with Gasteiger partial charge < -0.3 is 80.7 Å². The molecule has 24 heteroatoms. The van der Waals surface area contributed by atoms with Crippen LogP contribution in [0.25, 0.3) is 10.9 Å². The van der Waals surface area contributed by atoms with Crippen LogP contribution < -0.4 is 65.5 Å². The highest BCUT2D eigenvalue weighted by atomic mass is 16.4. The molecule has 8 amide bonds. The van der Waals surface area contributed by atoms with Crippen LogP contribution in [0.1, 0.15) is 93.9 Å². The van der Waals surface area contributed by atoms with E-state index in [4.69, 9.17) is 22.9 Å². The predicted octanol–water partition coefficient (Wildman–Crippen LogP) is 0.861. The monoisotopic (exact) mass is 1190 g/mol. The van der Waals surface area contributed by atoms with Crippen LogP contribution in [-0.4, -0.2) is 142 Å². The van der Waals surface area contributed by atoms with Gasteiger partial charge in [0.1, 0.15) is 54.1 Å². The van der Waals surface area contributed by atoms with Crippen molar-refractivity contribution in [2.75, 3.05) is 19.6 Å². The van der Waals surface area contributed by atoms with Gasteiger partial charge in [-0.25, -0.2) is 4.79 Å². The lowest BCUT2D eigenvalue weighted by atomic mass is 10.00. The lowest BCUT2D eigenvalue weighted by Gasteiger charge is -2.28. The lowest BCUT2D eigenvalue weighted by molar-refractivity contribution is -0.142. The van der Waals surface area contributed by atoms with Crippen molar-refractivity contribution >= 4 is 64.1 Å². The fourth-order valence-electron chi connectivity index (χ4n) is 9.54. The Morgan fingerprint density at radius 2 is 0.779 bits per heavy atom. The van der Waals surface area contributed by atoms with Crippen LogP contribution in [0.2, 0.25) is 0 Å². The van der Waals surface area contributed by atoms with Crippen LogP contribution in [0.5, 0.6) is 5.75 Å². The molecule has 5 aromatic rings. The summed E-state index contributed by atoms with van der Waals surface area (Å²) in [5.41, 5.74) is 26.3. The number of aromatic amines is 1. The van der Waals surface area contributed by atoms with Crippen molar-refractivity contribution in [3.63, 3.8) is 0 Å². The number of nitrogens with two attached hydrogens (primary N) is 4. The lowest BCUT2D eigenvalue weighted by Crippen LogP contribution is -2.61. The summed E-state index contributed by atoms with van der Waals surface area (Å²) < 4.78 is 0. The number of carboxylic acids is 1. The number of rotatable bonds is 37. The van der Waals surface area contributed by atoms with Crippen LogP contribution in [0.15, 0.2) is 115 Å². The SMILES string of the molecule is C[C@H](N)C(=O)N[C@@H](Cc1ccccc1)C(=O)N[C@@H](Cc1ccc(O)cc1)C(=O)N[C@@H](CCCCN)C(=O)N[C@@H](Cc1c[nH]c2ccccc12)C(=O)N[C@@H](Cc1ccccc1)C(=O)N[C@@H](C)C(=O)N[C@@H](CCCCN)C(=O)N[C@@H](CCCCN)C(=O)O. The third-order valence-electron chi connectivity index (χ3n) is 14.5. The number of hydrogen-bond donors (Lipinski definition) is 15. The summed E-state index contributed by atoms with van der Waals surface area (Å²) >= 11 is 0. The average Bonchev–Trinajstić information content (AvgIpc) is 4.13. The number of aromatic nitrogens is 1. The standard InChI is InChI=1S/C62H85N13O11/c1-38(66)54(77)72-51(34-41-19-7-4-8-20-41)60(83)74-52(35-42-26-28-44(76)29-27-42)59(82)70-48(24-12-15-31-64)57(80)75-53(36-43-37-67-46-22-10-9-21-45(43)46)61(84)73-50(33-40-17-5-3-6-18-40)58(81)68-39(2)55(78)69-47(23-11-14-30-63)56(79)71-49(62(85)86)25-13-16-32-65/h3-10,17-22,26-29,37-39,47-53,67,76H,11-16,23-25,30-36,63-66H2,1-2H3,(H,68,81)(H,69,78)(H,70,82)(H,71,79)(H,72,77)(H,73,84)(H,74,83)(H,75,80)(H,85,86)/t38-,39-,47-,48-,49-,50-,51-,52-,53-/m0/s1. The average molecular weight is 1190 g/mol. The van der Waals surface area contributed by atoms with Gasteiger partial charge in [0, 0.05) is 42.8 Å². The Labute approximate surface area is 500 Å². The Balaban J connectivity index is 1.44. The van der Waals surface area contributed by atoms with Crippen LogP contribution in [0, 0.1) is 0 Å². The number of unbranched alkanes of at least 4 members (excludes halogenated alkanes) is 3. The molecule has 4 aromatic carbocycles. The number of carbonyl (C=O) groups excluding carboxylic acids is 8. The van der Waals surface area contributed by atoms with E-state index in [0.717, 1.165) is 10.9 Å². The number of phenolic OH excluding ortho intramolecular Hbond substituents is 1. The van der Waals surface area contributed by atoms with Gasteiger partial charge in [0.15, 0.2) is 0 Å². The topological polar surface area (TPSA) is 410 Å². The molecule has 0 saturated carbocycles. The zero-order valence-corrected chi connectivity index (χ0v) is 48.9. The third kappa shape index (κ3) is 22.4. The maximum absolute atomic E-state index is 15.0. The van der Waals surface area contributed by atoms with E-state index in [9.17, 15) is 48.6 Å². The molecule has 86 heavy (non-hydrogen) atoms. The minimum absolute atomic E-state index is 0.0284. The highest BCUT2D eigenvalue weighted by Gasteiger charge is 2.35. The number of hydrogen-bond acceptors (Lipinski definition) is 14. The first-order valence-electron chi connectivity index (χ1n) is 29.2. The second-order valence-corrected chi connectivity index (χ2v) is 21.5. The molecule has 19 N–H and O–H groups in total. The van der Waals surface area contributed by atoms with Gasteiger partial charge in [-0.1, -0.05) is 91.0 Å². The number of benzene rings is 4. The summed E-state index contributed by atoms with van der Waals surface area (Å²) in [5, 5.41) is 42.5. The van der Waals surface area contributed by atoms with Crippen molar-refractivity contribution in [1.29, 1.82) is 0 Å². The van der Waals surface area contributed by atoms with E-state index in [2.05, 4.69) is 47.5 Å². The highest BCUT2D eigenvalue weighted by Crippen LogP contribution is 2.20. The van der Waals surface area contributed by atoms with Gasteiger partial charge in [-0.2, -0.15) is 0 Å². The maximum Gasteiger partial charge on any atom is 0.326 e. The van der Waals surface area contributed by atoms with Crippen LogP contribution in [0.4, 0.5) is 0 Å². The largest absolute Gasteiger partial charge is 0.508 e. The molecular formula is C62H85N13O11. The number of carbonyl (C=O) groups is 9. The van der Waals surface area contributed by atoms with Gasteiger partial charge in [-0.15, -0.1) is 0 Å². The van der Waals surface area contributed by atoms with E-state index >= 15 is 4.79 Å². The van der Waals surface area contributed by atoms with Gasteiger partial charge in [-0.05, 0) is 132 Å². The van der Waals surface area contributed by atoms with Crippen molar-refractivity contribution in [3.8, 4) is 5.75 Å². The minimum Gasteiger partial charge on any atom is -0.508 e. The molecule has 9 atom stereocenters. The first kappa shape index (κ1) is 68.1. The normalized spacial score (nSPS) is 14.3. The number of fused-ring (bicyclic) bond motifs is 1. The minimum atomic E-state index is -1.42. The molecule has 0 radical (unpaired) electrons. The Morgan fingerprint density at radius 1 is 0.419 bits per heavy atom. The van der Waals surface area contributed by atoms with E-state index in [0.29, 0.717) is 73.9 Å². The molecule has 1 aromatic heterocycles. The second kappa shape index (κ2) is 35.6. The van der Waals surface area contributed by atoms with Gasteiger partial charge in [0.05, 0.1) is 6.04 Å². The van der Waals surface area contributed by atoms with Crippen molar-refractivity contribution in [2.45, 2.75) is 152 Å². The molecule has 0 spiro atoms. The molecule has 0 unspecified atom stereocenters. The number of carboxylic acid groups (broad SMARTS) is 1. The van der Waals surface area contributed by atoms with Crippen molar-refractivity contribution in [3.05, 3.63) is 138 Å². The van der Waals surface area contributed by atoms with Gasteiger partial charge in [0.25, 0.3) is 0 Å². The first-order chi connectivity index (χ1) is 41.3. The fraction of sp³-hybridized carbons (Fsp3) is 0.435. The highest BCUT2D eigenvalue weighted by molar-refractivity contribution is 5.98. The second-order valence-electron chi connectivity index (χ2n) is 21.5. The number of nitrogens with one attached hydrogen (secondary N) is 9. The van der Waals surface area contributed by atoms with Gasteiger partial charge in [-0.3, -0.25) is 38.4 Å². The van der Waals surface area contributed by atoms with Crippen molar-refractivity contribution < 1.29 is 53.4 Å². The molecular weight excluding hydrogens is 1100 g/mol. The zero-order valence-electron chi connectivity index (χ0n) is 48.9. The van der Waals surface area contributed by atoms with E-state index in [1.807, 2.05) is 24.3 Å². The van der Waals surface area contributed by atoms with E-state index in [-0.39, 0.29) is 57.2 Å². The Hall–Kier alpha value is -8.71. The summed E-state index contributed by atoms with van der Waals surface area (Å²) in [4.78, 5) is 129. The van der Waals surface area contributed by atoms with Crippen LogP contribution in [0.3, 0.4) is 0 Å². The van der Waals surface area contributed by atoms with E-state index in [1.165, 1.54) is 26.0 Å².